The smallest absolute Gasteiger partial charge is 0.168 e. The summed E-state index contributed by atoms with van der Waals surface area (Å²) in [4.78, 5) is 11.7. The van der Waals surface area contributed by atoms with Gasteiger partial charge in [-0.25, -0.2) is 0 Å². The van der Waals surface area contributed by atoms with Crippen LogP contribution in [-0.4, -0.2) is 18.3 Å². The van der Waals surface area contributed by atoms with E-state index in [9.17, 15) is 4.79 Å². The van der Waals surface area contributed by atoms with E-state index in [4.69, 9.17) is 0 Å². The minimum absolute atomic E-state index is 0.218. The maximum Gasteiger partial charge on any atom is 0.168 e. The minimum Gasteiger partial charge on any atom is -0.379 e. The van der Waals surface area contributed by atoms with E-state index >= 15 is 0 Å². The van der Waals surface area contributed by atoms with Crippen LogP contribution in [0.5, 0.6) is 0 Å². The van der Waals surface area contributed by atoms with Gasteiger partial charge in [0.25, 0.3) is 0 Å². The molecule has 0 amide bonds. The van der Waals surface area contributed by atoms with Gasteiger partial charge in [-0.05, 0) is 53.0 Å². The number of carbonyl (C=O) groups is 1. The molecule has 0 aliphatic carbocycles. The summed E-state index contributed by atoms with van der Waals surface area (Å²) in [6.07, 6.45) is 9.73. The summed E-state index contributed by atoms with van der Waals surface area (Å²) >= 11 is 0. The van der Waals surface area contributed by atoms with Crippen LogP contribution >= 0.6 is 0 Å². The summed E-state index contributed by atoms with van der Waals surface area (Å²) in [5, 5.41) is 0. The van der Waals surface area contributed by atoms with Crippen LogP contribution in [0.2, 0.25) is 16.6 Å². The van der Waals surface area contributed by atoms with Crippen molar-refractivity contribution in [3.8, 4) is 0 Å². The maximum absolute atomic E-state index is 11.7. The van der Waals surface area contributed by atoms with E-state index in [2.05, 4.69) is 64.2 Å². The van der Waals surface area contributed by atoms with Gasteiger partial charge >= 0.3 is 0 Å². The fourth-order valence-corrected chi connectivity index (χ4v) is 10.7. The topological polar surface area (TPSA) is 22.0 Å². The lowest BCUT2D eigenvalue weighted by molar-refractivity contribution is -0.114. The molecule has 0 N–H and O–H groups in total. The van der Waals surface area contributed by atoms with Crippen molar-refractivity contribution in [3.05, 3.63) is 30.1 Å². The van der Waals surface area contributed by atoms with Crippen molar-refractivity contribution in [2.75, 3.05) is 0 Å². The third-order valence-electron chi connectivity index (χ3n) is 4.90. The molecule has 0 saturated carbocycles. The number of aromatic nitrogens is 1. The van der Waals surface area contributed by atoms with Gasteiger partial charge in [0.15, 0.2) is 14.0 Å². The Bertz CT molecular complexity index is 489. The average molecular weight is 320 g/mol. The van der Waals surface area contributed by atoms with Gasteiger partial charge in [0.05, 0.1) is 0 Å². The molecule has 3 heteroatoms. The summed E-state index contributed by atoms with van der Waals surface area (Å²) < 4.78 is 2.51. The Kier molecular flexibility index (Phi) is 6.85. The highest BCUT2D eigenvalue weighted by atomic mass is 28.3. The van der Waals surface area contributed by atoms with Crippen LogP contribution < -0.4 is 0 Å². The second kappa shape index (κ2) is 7.96. The lowest BCUT2D eigenvalue weighted by Gasteiger charge is -2.44. The third-order valence-corrected chi connectivity index (χ3v) is 11.6. The monoisotopic (exact) mass is 319 g/mol. The molecule has 0 bridgehead atoms. The first-order chi connectivity index (χ1) is 10.3. The first-order valence-electron chi connectivity index (χ1n) is 8.66. The number of rotatable bonds is 8. The van der Waals surface area contributed by atoms with Crippen LogP contribution in [0.1, 0.15) is 66.9 Å². The van der Waals surface area contributed by atoms with Crippen molar-refractivity contribution in [2.24, 2.45) is 0 Å². The molecule has 124 valence electrons. The van der Waals surface area contributed by atoms with Gasteiger partial charge < -0.3 is 4.23 Å². The van der Waals surface area contributed by atoms with Gasteiger partial charge in [-0.2, -0.15) is 0 Å². The highest BCUT2D eigenvalue weighted by Crippen LogP contribution is 2.42. The highest BCUT2D eigenvalue weighted by Gasteiger charge is 2.44. The molecule has 0 spiro atoms. The minimum atomic E-state index is -1.66. The average Bonchev–Trinajstić information content (AvgIpc) is 2.85. The van der Waals surface area contributed by atoms with Crippen molar-refractivity contribution in [3.63, 3.8) is 0 Å². The Labute approximate surface area is 137 Å². The lowest BCUT2D eigenvalue weighted by Crippen LogP contribution is -2.51. The second-order valence-corrected chi connectivity index (χ2v) is 13.0. The van der Waals surface area contributed by atoms with Crippen LogP contribution in [0.15, 0.2) is 24.5 Å². The summed E-state index contributed by atoms with van der Waals surface area (Å²) in [6, 6.07) is 2.14. The Morgan fingerprint density at radius 1 is 1.14 bits per heavy atom. The Balaban J connectivity index is 3.13. The van der Waals surface area contributed by atoms with Crippen molar-refractivity contribution in [1.29, 1.82) is 0 Å². The standard InChI is InChI=1S/C19H33NOSi/c1-8-9-19(21)11-10-18-12-13-20(14-18)22(15(2)3,16(4)5)17(6)7/h10-17H,8-9H2,1-7H3/b11-10+. The first kappa shape index (κ1) is 19.0. The quantitative estimate of drug-likeness (QED) is 0.432. The number of ketones is 1. The molecule has 2 nitrogen and oxygen atoms in total. The molecule has 0 radical (unpaired) electrons. The van der Waals surface area contributed by atoms with Crippen LogP contribution in [0.25, 0.3) is 6.08 Å². The molecular weight excluding hydrogens is 286 g/mol. The molecule has 1 aromatic rings. The number of hydrogen-bond acceptors (Lipinski definition) is 1. The summed E-state index contributed by atoms with van der Waals surface area (Å²) in [5.41, 5.74) is 3.18. The van der Waals surface area contributed by atoms with Crippen molar-refractivity contribution >= 4 is 20.1 Å². The Hall–Kier alpha value is -1.09. The Morgan fingerprint density at radius 2 is 1.68 bits per heavy atom. The van der Waals surface area contributed by atoms with Crippen LogP contribution in [0.3, 0.4) is 0 Å². The predicted octanol–water partition coefficient (Wildman–Crippen LogP) is 5.89. The molecule has 0 fully saturated rings. The van der Waals surface area contributed by atoms with Crippen molar-refractivity contribution in [1.82, 2.24) is 4.23 Å². The van der Waals surface area contributed by atoms with E-state index in [1.165, 1.54) is 0 Å². The molecule has 0 aromatic carbocycles. The lowest BCUT2D eigenvalue weighted by atomic mass is 10.2. The first-order valence-corrected chi connectivity index (χ1v) is 10.8. The van der Waals surface area contributed by atoms with E-state index in [1.54, 1.807) is 6.08 Å². The fraction of sp³-hybridized carbons (Fsp3) is 0.632. The molecule has 22 heavy (non-hydrogen) atoms. The number of carbonyl (C=O) groups excluding carboxylic acids is 1. The molecule has 1 rings (SSSR count). The molecule has 0 saturated heterocycles. The van der Waals surface area contributed by atoms with E-state index in [1.807, 2.05) is 13.0 Å². The third kappa shape index (κ3) is 3.81. The van der Waals surface area contributed by atoms with Gasteiger partial charge in [-0.15, -0.1) is 0 Å². The largest absolute Gasteiger partial charge is 0.379 e. The molecule has 1 aromatic heterocycles. The van der Waals surface area contributed by atoms with Gasteiger partial charge in [-0.1, -0.05) is 48.5 Å². The maximum atomic E-state index is 11.7. The summed E-state index contributed by atoms with van der Waals surface area (Å²) in [6.45, 7) is 16.2. The zero-order valence-electron chi connectivity index (χ0n) is 15.4. The number of hydrogen-bond donors (Lipinski definition) is 0. The second-order valence-electron chi connectivity index (χ2n) is 7.25. The highest BCUT2D eigenvalue weighted by molar-refractivity contribution is 6.82. The number of allylic oxidation sites excluding steroid dienone is 1. The number of nitrogens with zero attached hydrogens (tertiary/aromatic N) is 1. The predicted molar refractivity (Wildman–Crippen MR) is 99.8 cm³/mol. The molecule has 0 aliphatic heterocycles. The summed E-state index contributed by atoms with van der Waals surface area (Å²) in [7, 11) is -1.66. The van der Waals surface area contributed by atoms with E-state index in [-0.39, 0.29) is 5.78 Å². The fourth-order valence-electron chi connectivity index (χ4n) is 4.17. The van der Waals surface area contributed by atoms with E-state index in [0.717, 1.165) is 12.0 Å². The zero-order chi connectivity index (χ0) is 16.9. The van der Waals surface area contributed by atoms with Gasteiger partial charge in [0.1, 0.15) is 0 Å². The van der Waals surface area contributed by atoms with Gasteiger partial charge in [0, 0.05) is 12.6 Å². The van der Waals surface area contributed by atoms with Crippen LogP contribution in [-0.2, 0) is 4.79 Å². The molecule has 0 atom stereocenters. The Morgan fingerprint density at radius 3 is 2.14 bits per heavy atom. The van der Waals surface area contributed by atoms with Crippen molar-refractivity contribution < 1.29 is 4.79 Å². The summed E-state index contributed by atoms with van der Waals surface area (Å²) in [5.74, 6) is 0.218. The van der Waals surface area contributed by atoms with Gasteiger partial charge in [0.2, 0.25) is 0 Å². The molecule has 0 aliphatic rings. The van der Waals surface area contributed by atoms with Gasteiger partial charge in [-0.3, -0.25) is 4.79 Å². The SMILES string of the molecule is CCCC(=O)/C=C/c1ccn([Si](C(C)C)(C(C)C)C(C)C)c1. The molecule has 0 unspecified atom stereocenters. The molecular formula is C19H33NOSi. The zero-order valence-corrected chi connectivity index (χ0v) is 16.4. The van der Waals surface area contributed by atoms with Crippen LogP contribution in [0.4, 0.5) is 0 Å². The van der Waals surface area contributed by atoms with Crippen molar-refractivity contribution in [2.45, 2.75) is 77.9 Å². The molecule has 1 heterocycles. The van der Waals surface area contributed by atoms with E-state index in [0.29, 0.717) is 23.0 Å². The van der Waals surface area contributed by atoms with E-state index < -0.39 is 8.24 Å². The van der Waals surface area contributed by atoms with Crippen LogP contribution in [0, 0.1) is 0 Å². The normalized spacial score (nSPS) is 13.0.